The summed E-state index contributed by atoms with van der Waals surface area (Å²) in [6.07, 6.45) is 8.30. The van der Waals surface area contributed by atoms with Gasteiger partial charge in [-0.05, 0) is 57.5 Å². The van der Waals surface area contributed by atoms with E-state index in [1.807, 2.05) is 0 Å². The van der Waals surface area contributed by atoms with Gasteiger partial charge in [0, 0.05) is 18.6 Å². The third-order valence-electron chi connectivity index (χ3n) is 4.29. The first-order valence-electron chi connectivity index (χ1n) is 7.25. The summed E-state index contributed by atoms with van der Waals surface area (Å²) in [5, 5.41) is 3.76. The molecule has 0 aromatic rings. The zero-order valence-corrected chi connectivity index (χ0v) is 11.1. The lowest BCUT2D eigenvalue weighted by atomic mass is 9.93. The number of rotatable bonds is 7. The minimum Gasteiger partial charge on any atom is -0.310 e. The first-order chi connectivity index (χ1) is 7.78. The molecule has 2 rings (SSSR count). The van der Waals surface area contributed by atoms with Crippen molar-refractivity contribution in [3.8, 4) is 0 Å². The number of hydrogen-bond donors (Lipinski definition) is 1. The van der Waals surface area contributed by atoms with Crippen molar-refractivity contribution >= 4 is 0 Å². The van der Waals surface area contributed by atoms with Crippen LogP contribution in [0.1, 0.15) is 52.4 Å². The molecule has 1 aliphatic heterocycles. The Bertz CT molecular complexity index is 205. The zero-order valence-electron chi connectivity index (χ0n) is 11.1. The molecule has 16 heavy (non-hydrogen) atoms. The predicted octanol–water partition coefficient (Wildman–Crippen LogP) is 2.64. The fraction of sp³-hybridized carbons (Fsp3) is 1.00. The van der Waals surface area contributed by atoms with Gasteiger partial charge in [-0.1, -0.05) is 13.8 Å². The van der Waals surface area contributed by atoms with Gasteiger partial charge in [-0.25, -0.2) is 0 Å². The molecule has 0 aromatic carbocycles. The van der Waals surface area contributed by atoms with Crippen LogP contribution in [-0.4, -0.2) is 36.6 Å². The highest BCUT2D eigenvalue weighted by atomic mass is 15.2. The van der Waals surface area contributed by atoms with Crippen LogP contribution in [0.3, 0.4) is 0 Å². The van der Waals surface area contributed by atoms with Crippen LogP contribution < -0.4 is 5.32 Å². The molecule has 2 nitrogen and oxygen atoms in total. The van der Waals surface area contributed by atoms with Crippen molar-refractivity contribution in [3.63, 3.8) is 0 Å². The average Bonchev–Trinajstić information content (AvgIpc) is 2.96. The van der Waals surface area contributed by atoms with Crippen LogP contribution >= 0.6 is 0 Å². The molecule has 2 fully saturated rings. The molecule has 1 heterocycles. The maximum Gasteiger partial charge on any atom is 0.0306 e. The van der Waals surface area contributed by atoms with E-state index in [0.29, 0.717) is 5.54 Å². The molecular weight excluding hydrogens is 196 g/mol. The fourth-order valence-electron chi connectivity index (χ4n) is 3.06. The van der Waals surface area contributed by atoms with E-state index < -0.39 is 0 Å². The summed E-state index contributed by atoms with van der Waals surface area (Å²) < 4.78 is 0. The molecule has 0 bridgehead atoms. The third-order valence-corrected chi connectivity index (χ3v) is 4.29. The molecule has 1 saturated heterocycles. The second-order valence-corrected chi connectivity index (χ2v) is 5.84. The lowest BCUT2D eigenvalue weighted by molar-refractivity contribution is 0.182. The van der Waals surface area contributed by atoms with Gasteiger partial charge in [0.25, 0.3) is 0 Å². The number of nitrogens with one attached hydrogen (secondary N) is 1. The van der Waals surface area contributed by atoms with Crippen LogP contribution in [0.15, 0.2) is 0 Å². The normalized spacial score (nSPS) is 30.2. The highest BCUT2D eigenvalue weighted by Crippen LogP contribution is 2.31. The van der Waals surface area contributed by atoms with Gasteiger partial charge in [0.2, 0.25) is 0 Å². The first kappa shape index (κ1) is 12.4. The molecule has 1 unspecified atom stereocenters. The summed E-state index contributed by atoms with van der Waals surface area (Å²) in [6.45, 7) is 9.82. The van der Waals surface area contributed by atoms with Crippen LogP contribution in [0.25, 0.3) is 0 Å². The van der Waals surface area contributed by atoms with Crippen LogP contribution in [0.5, 0.6) is 0 Å². The molecule has 2 heteroatoms. The Morgan fingerprint density at radius 3 is 2.62 bits per heavy atom. The van der Waals surface area contributed by atoms with E-state index >= 15 is 0 Å². The minimum absolute atomic E-state index is 0.448. The molecule has 1 saturated carbocycles. The second kappa shape index (κ2) is 5.50. The first-order valence-corrected chi connectivity index (χ1v) is 7.25. The molecule has 1 atom stereocenters. The second-order valence-electron chi connectivity index (χ2n) is 5.84. The van der Waals surface area contributed by atoms with E-state index in [1.165, 1.54) is 64.7 Å². The van der Waals surface area contributed by atoms with E-state index in [9.17, 15) is 0 Å². The molecule has 1 aliphatic carbocycles. The van der Waals surface area contributed by atoms with Gasteiger partial charge >= 0.3 is 0 Å². The van der Waals surface area contributed by atoms with Gasteiger partial charge in [-0.2, -0.15) is 0 Å². The maximum atomic E-state index is 3.76. The molecular formula is C14H28N2. The van der Waals surface area contributed by atoms with E-state index in [1.54, 1.807) is 0 Å². The van der Waals surface area contributed by atoms with Gasteiger partial charge < -0.3 is 10.2 Å². The lowest BCUT2D eigenvalue weighted by Crippen LogP contribution is -2.50. The standard InChI is InChI=1S/C14H28N2/c1-3-10-16(11-13-6-7-13)12-14(4-2)8-5-9-15-14/h13,15H,3-12H2,1-2H3. The fourth-order valence-corrected chi connectivity index (χ4v) is 3.06. The topological polar surface area (TPSA) is 15.3 Å². The third kappa shape index (κ3) is 3.21. The Morgan fingerprint density at radius 2 is 2.12 bits per heavy atom. The van der Waals surface area contributed by atoms with Crippen LogP contribution in [0, 0.1) is 5.92 Å². The summed E-state index contributed by atoms with van der Waals surface area (Å²) in [6, 6.07) is 0. The summed E-state index contributed by atoms with van der Waals surface area (Å²) in [5.41, 5.74) is 0.448. The van der Waals surface area contributed by atoms with Crippen molar-refractivity contribution in [1.82, 2.24) is 10.2 Å². The van der Waals surface area contributed by atoms with Gasteiger partial charge in [-0.15, -0.1) is 0 Å². The monoisotopic (exact) mass is 224 g/mol. The Hall–Kier alpha value is -0.0800. The van der Waals surface area contributed by atoms with Gasteiger partial charge in [0.15, 0.2) is 0 Å². The van der Waals surface area contributed by atoms with E-state index in [4.69, 9.17) is 0 Å². The highest BCUT2D eigenvalue weighted by molar-refractivity contribution is 4.95. The highest BCUT2D eigenvalue weighted by Gasteiger charge is 2.34. The molecule has 94 valence electrons. The molecule has 1 N–H and O–H groups in total. The van der Waals surface area contributed by atoms with Crippen molar-refractivity contribution < 1.29 is 0 Å². The smallest absolute Gasteiger partial charge is 0.0306 e. The average molecular weight is 224 g/mol. The predicted molar refractivity (Wildman–Crippen MR) is 69.7 cm³/mol. The Labute approximate surface area is 101 Å². The summed E-state index contributed by atoms with van der Waals surface area (Å²) in [4.78, 5) is 2.72. The lowest BCUT2D eigenvalue weighted by Gasteiger charge is -2.35. The van der Waals surface area contributed by atoms with Gasteiger partial charge in [0.05, 0.1) is 0 Å². The number of nitrogens with zero attached hydrogens (tertiary/aromatic N) is 1. The maximum absolute atomic E-state index is 3.76. The van der Waals surface area contributed by atoms with Crippen molar-refractivity contribution in [3.05, 3.63) is 0 Å². The van der Waals surface area contributed by atoms with Gasteiger partial charge in [0.1, 0.15) is 0 Å². The van der Waals surface area contributed by atoms with E-state index in [2.05, 4.69) is 24.1 Å². The summed E-state index contributed by atoms with van der Waals surface area (Å²) in [7, 11) is 0. The van der Waals surface area contributed by atoms with Crippen molar-refractivity contribution in [2.75, 3.05) is 26.2 Å². The SMILES string of the molecule is CCCN(CC1CC1)CC1(CC)CCCN1. The largest absolute Gasteiger partial charge is 0.310 e. The van der Waals surface area contributed by atoms with E-state index in [-0.39, 0.29) is 0 Å². The van der Waals surface area contributed by atoms with Crippen LogP contribution in [0.4, 0.5) is 0 Å². The zero-order chi connectivity index (χ0) is 11.4. The Kier molecular flexibility index (Phi) is 4.26. The van der Waals surface area contributed by atoms with Crippen LogP contribution in [-0.2, 0) is 0 Å². The van der Waals surface area contributed by atoms with Gasteiger partial charge in [-0.3, -0.25) is 0 Å². The van der Waals surface area contributed by atoms with Crippen molar-refractivity contribution in [2.45, 2.75) is 57.9 Å². The molecule has 0 aromatic heterocycles. The molecule has 2 aliphatic rings. The van der Waals surface area contributed by atoms with Crippen molar-refractivity contribution in [2.24, 2.45) is 5.92 Å². The molecule has 0 spiro atoms. The molecule has 0 amide bonds. The minimum atomic E-state index is 0.448. The summed E-state index contributed by atoms with van der Waals surface area (Å²) >= 11 is 0. The Balaban J connectivity index is 1.86. The van der Waals surface area contributed by atoms with Crippen molar-refractivity contribution in [1.29, 1.82) is 0 Å². The van der Waals surface area contributed by atoms with E-state index in [0.717, 1.165) is 5.92 Å². The number of hydrogen-bond acceptors (Lipinski definition) is 2. The van der Waals surface area contributed by atoms with Crippen LogP contribution in [0.2, 0.25) is 0 Å². The Morgan fingerprint density at radius 1 is 1.31 bits per heavy atom. The summed E-state index contributed by atoms with van der Waals surface area (Å²) in [5.74, 6) is 1.03. The quantitative estimate of drug-likeness (QED) is 0.715. The molecule has 0 radical (unpaired) electrons.